The fraction of sp³-hybridized carbons (Fsp3) is 0.250. The molecule has 0 fully saturated rings. The van der Waals surface area contributed by atoms with E-state index < -0.39 is 0 Å². The Labute approximate surface area is 122 Å². The van der Waals surface area contributed by atoms with Gasteiger partial charge in [0.05, 0.1) is 11.2 Å². The van der Waals surface area contributed by atoms with E-state index in [0.29, 0.717) is 6.42 Å². The maximum absolute atomic E-state index is 13.6. The Hall–Kier alpha value is -2.27. The fourth-order valence-corrected chi connectivity index (χ4v) is 2.40. The number of benzene rings is 2. The summed E-state index contributed by atoms with van der Waals surface area (Å²) in [5.74, 6) is -0.263. The van der Waals surface area contributed by atoms with Crippen molar-refractivity contribution in [3.8, 4) is 5.69 Å². The van der Waals surface area contributed by atoms with Gasteiger partial charge in [-0.1, -0.05) is 24.3 Å². The van der Waals surface area contributed by atoms with E-state index >= 15 is 0 Å². The molecule has 0 saturated heterocycles. The van der Waals surface area contributed by atoms with E-state index in [2.05, 4.69) is 10.3 Å². The van der Waals surface area contributed by atoms with Gasteiger partial charge in [0.2, 0.25) is 0 Å². The van der Waals surface area contributed by atoms with Gasteiger partial charge in [-0.2, -0.15) is 0 Å². The van der Waals surface area contributed by atoms with Gasteiger partial charge < -0.3 is 5.73 Å². The average Bonchev–Trinajstić information content (AvgIpc) is 2.91. The summed E-state index contributed by atoms with van der Waals surface area (Å²) in [6, 6.07) is 12.4. The molecule has 1 atom stereocenters. The zero-order valence-electron chi connectivity index (χ0n) is 11.8. The van der Waals surface area contributed by atoms with Crippen LogP contribution in [0.15, 0.2) is 42.5 Å². The van der Waals surface area contributed by atoms with Gasteiger partial charge in [-0.15, -0.1) is 5.10 Å². The SMILES string of the molecule is CCC(N)Cc1cc(F)ccc1-n1nnc2ccccc21. The first-order chi connectivity index (χ1) is 10.2. The molecular formula is C16H17FN4. The van der Waals surface area contributed by atoms with Crippen molar-refractivity contribution in [2.24, 2.45) is 5.73 Å². The second-order valence-corrected chi connectivity index (χ2v) is 5.14. The lowest BCUT2D eigenvalue weighted by atomic mass is 10.0. The first-order valence-corrected chi connectivity index (χ1v) is 7.04. The van der Waals surface area contributed by atoms with Crippen molar-refractivity contribution >= 4 is 11.0 Å². The van der Waals surface area contributed by atoms with Crippen molar-refractivity contribution in [3.63, 3.8) is 0 Å². The van der Waals surface area contributed by atoms with Crippen molar-refractivity contribution in [3.05, 3.63) is 53.8 Å². The molecule has 0 aliphatic carbocycles. The second-order valence-electron chi connectivity index (χ2n) is 5.14. The van der Waals surface area contributed by atoms with Crippen LogP contribution in [0, 0.1) is 5.82 Å². The molecule has 4 nitrogen and oxygen atoms in total. The molecule has 1 unspecified atom stereocenters. The highest BCUT2D eigenvalue weighted by molar-refractivity contribution is 5.76. The normalized spacial score (nSPS) is 12.7. The van der Waals surface area contributed by atoms with Crippen LogP contribution >= 0.6 is 0 Å². The summed E-state index contributed by atoms with van der Waals surface area (Å²) in [4.78, 5) is 0. The second kappa shape index (κ2) is 5.61. The summed E-state index contributed by atoms with van der Waals surface area (Å²) in [7, 11) is 0. The molecule has 2 aromatic carbocycles. The fourth-order valence-electron chi connectivity index (χ4n) is 2.40. The van der Waals surface area contributed by atoms with Crippen LogP contribution in [0.3, 0.4) is 0 Å². The lowest BCUT2D eigenvalue weighted by Gasteiger charge is -2.13. The topological polar surface area (TPSA) is 56.7 Å². The molecule has 5 heteroatoms. The molecule has 3 aromatic rings. The van der Waals surface area contributed by atoms with Crippen LogP contribution in [0.5, 0.6) is 0 Å². The Morgan fingerprint density at radius 3 is 2.86 bits per heavy atom. The van der Waals surface area contributed by atoms with E-state index in [4.69, 9.17) is 5.73 Å². The minimum atomic E-state index is -0.263. The number of rotatable bonds is 4. The number of halogens is 1. The molecule has 0 aliphatic heterocycles. The summed E-state index contributed by atoms with van der Waals surface area (Å²) in [5.41, 5.74) is 9.41. The summed E-state index contributed by atoms with van der Waals surface area (Å²) >= 11 is 0. The number of nitrogens with two attached hydrogens (primary N) is 1. The molecule has 0 amide bonds. The largest absolute Gasteiger partial charge is 0.327 e. The number of aromatic nitrogens is 3. The van der Waals surface area contributed by atoms with Crippen molar-refractivity contribution in [1.82, 2.24) is 15.0 Å². The van der Waals surface area contributed by atoms with Crippen LogP contribution in [0.1, 0.15) is 18.9 Å². The zero-order chi connectivity index (χ0) is 14.8. The van der Waals surface area contributed by atoms with Crippen molar-refractivity contribution in [2.45, 2.75) is 25.8 Å². The van der Waals surface area contributed by atoms with Crippen LogP contribution in [-0.4, -0.2) is 21.0 Å². The predicted molar refractivity (Wildman–Crippen MR) is 80.8 cm³/mol. The van der Waals surface area contributed by atoms with Crippen LogP contribution in [0.4, 0.5) is 4.39 Å². The lowest BCUT2D eigenvalue weighted by Crippen LogP contribution is -2.22. The minimum absolute atomic E-state index is 0.000311. The summed E-state index contributed by atoms with van der Waals surface area (Å²) in [6.07, 6.45) is 1.45. The molecular weight excluding hydrogens is 267 g/mol. The highest BCUT2D eigenvalue weighted by Crippen LogP contribution is 2.21. The van der Waals surface area contributed by atoms with Crippen LogP contribution in [0.2, 0.25) is 0 Å². The quantitative estimate of drug-likeness (QED) is 0.801. The van der Waals surface area contributed by atoms with Crippen molar-refractivity contribution < 1.29 is 4.39 Å². The average molecular weight is 284 g/mol. The van der Waals surface area contributed by atoms with Gasteiger partial charge >= 0.3 is 0 Å². The Balaban J connectivity index is 2.13. The number of nitrogens with zero attached hydrogens (tertiary/aromatic N) is 3. The van der Waals surface area contributed by atoms with Crippen LogP contribution in [-0.2, 0) is 6.42 Å². The van der Waals surface area contributed by atoms with E-state index in [9.17, 15) is 4.39 Å². The third kappa shape index (κ3) is 2.64. The molecule has 21 heavy (non-hydrogen) atoms. The zero-order valence-corrected chi connectivity index (χ0v) is 11.8. The van der Waals surface area contributed by atoms with E-state index in [0.717, 1.165) is 28.7 Å². The van der Waals surface area contributed by atoms with Gasteiger partial charge in [0.15, 0.2) is 0 Å². The van der Waals surface area contributed by atoms with Crippen LogP contribution in [0.25, 0.3) is 16.7 Å². The molecule has 108 valence electrons. The molecule has 0 aliphatic rings. The van der Waals surface area contributed by atoms with Gasteiger partial charge in [0.25, 0.3) is 0 Å². The first kappa shape index (κ1) is 13.7. The standard InChI is InChI=1S/C16H17FN4/c1-2-13(18)10-11-9-12(17)7-8-15(11)21-16-6-4-3-5-14(16)19-20-21/h3-9,13H,2,10,18H2,1H3. The highest BCUT2D eigenvalue weighted by atomic mass is 19.1. The number of hydrogen-bond acceptors (Lipinski definition) is 3. The first-order valence-electron chi connectivity index (χ1n) is 7.04. The van der Waals surface area contributed by atoms with E-state index in [1.165, 1.54) is 12.1 Å². The van der Waals surface area contributed by atoms with Gasteiger partial charge in [-0.05, 0) is 48.7 Å². The molecule has 0 saturated carbocycles. The van der Waals surface area contributed by atoms with Gasteiger partial charge in [0.1, 0.15) is 11.3 Å². The van der Waals surface area contributed by atoms with Gasteiger partial charge in [-0.3, -0.25) is 0 Å². The Morgan fingerprint density at radius 1 is 1.24 bits per heavy atom. The summed E-state index contributed by atoms with van der Waals surface area (Å²) in [6.45, 7) is 2.02. The van der Waals surface area contributed by atoms with E-state index in [-0.39, 0.29) is 11.9 Å². The molecule has 3 rings (SSSR count). The summed E-state index contributed by atoms with van der Waals surface area (Å²) in [5, 5.41) is 8.34. The highest BCUT2D eigenvalue weighted by Gasteiger charge is 2.13. The summed E-state index contributed by atoms with van der Waals surface area (Å²) < 4.78 is 15.3. The van der Waals surface area contributed by atoms with Gasteiger partial charge in [0, 0.05) is 6.04 Å². The molecule has 0 radical (unpaired) electrons. The maximum atomic E-state index is 13.6. The Kier molecular flexibility index (Phi) is 3.66. The van der Waals surface area contributed by atoms with Crippen molar-refractivity contribution in [2.75, 3.05) is 0 Å². The molecule has 2 N–H and O–H groups in total. The minimum Gasteiger partial charge on any atom is -0.327 e. The van der Waals surface area contributed by atoms with E-state index in [1.54, 1.807) is 10.7 Å². The number of hydrogen-bond donors (Lipinski definition) is 1. The molecule has 0 spiro atoms. The molecule has 1 aromatic heterocycles. The Bertz CT molecular complexity index is 766. The molecule has 0 bridgehead atoms. The van der Waals surface area contributed by atoms with Gasteiger partial charge in [-0.25, -0.2) is 9.07 Å². The maximum Gasteiger partial charge on any atom is 0.123 e. The predicted octanol–water partition coefficient (Wildman–Crippen LogP) is 2.84. The molecule has 1 heterocycles. The lowest BCUT2D eigenvalue weighted by molar-refractivity contribution is 0.611. The Morgan fingerprint density at radius 2 is 2.05 bits per heavy atom. The van der Waals surface area contributed by atoms with E-state index in [1.807, 2.05) is 31.2 Å². The number of fused-ring (bicyclic) bond motifs is 1. The monoisotopic (exact) mass is 284 g/mol. The third-order valence-corrected chi connectivity index (χ3v) is 3.63. The smallest absolute Gasteiger partial charge is 0.123 e. The van der Waals surface area contributed by atoms with Crippen molar-refractivity contribution in [1.29, 1.82) is 0 Å². The third-order valence-electron chi connectivity index (χ3n) is 3.63. The van der Waals surface area contributed by atoms with Crippen LogP contribution < -0.4 is 5.73 Å². The number of para-hydroxylation sites is 1.